The van der Waals surface area contributed by atoms with Gasteiger partial charge in [-0.2, -0.15) is 4.39 Å². The van der Waals surface area contributed by atoms with Gasteiger partial charge in [-0.3, -0.25) is 0 Å². The van der Waals surface area contributed by atoms with E-state index in [1.165, 1.54) is 6.42 Å². The highest BCUT2D eigenvalue weighted by Crippen LogP contribution is 2.43. The zero-order valence-electron chi connectivity index (χ0n) is 7.91. The van der Waals surface area contributed by atoms with E-state index < -0.39 is 11.8 Å². The van der Waals surface area contributed by atoms with Crippen LogP contribution in [0, 0.1) is 17.8 Å². The van der Waals surface area contributed by atoms with Crippen molar-refractivity contribution in [1.82, 2.24) is 0 Å². The number of carbonyl (C=O) groups excluding carboxylic acids is 1. The predicted octanol–water partition coefficient (Wildman–Crippen LogP) is 2.22. The largest absolute Gasteiger partial charge is 0.460 e. The summed E-state index contributed by atoms with van der Waals surface area (Å²) < 4.78 is 17.1. The molecule has 1 saturated carbocycles. The maximum Gasteiger partial charge on any atom is 0.366 e. The molecule has 0 aromatic rings. The summed E-state index contributed by atoms with van der Waals surface area (Å²) in [6, 6.07) is 0. The van der Waals surface area contributed by atoms with Crippen LogP contribution < -0.4 is 0 Å². The van der Waals surface area contributed by atoms with Crippen molar-refractivity contribution in [2.24, 2.45) is 17.8 Å². The van der Waals surface area contributed by atoms with Crippen LogP contribution in [-0.4, -0.2) is 12.6 Å². The van der Waals surface area contributed by atoms with Gasteiger partial charge >= 0.3 is 5.97 Å². The number of allylic oxidation sites excluding steroid dienone is 2. The molecular formula is C11H13FO2. The third-order valence-electron chi connectivity index (χ3n) is 3.07. The number of halogens is 1. The first-order valence-corrected chi connectivity index (χ1v) is 4.86. The Morgan fingerprint density at radius 3 is 2.79 bits per heavy atom. The SMILES string of the molecule is C=C(F)C(=O)OCC1CC2C=C[C@H]1C2. The molecule has 0 aromatic heterocycles. The number of hydrogen-bond donors (Lipinski definition) is 0. The standard InChI is InChI=1S/C11H13FO2/c1-7(12)11(13)14-6-10-5-8-2-3-9(10)4-8/h2-3,8-10H,1,4-6H2/t8?,9-,10?/m0/s1. The number of fused-ring (bicyclic) bond motifs is 2. The van der Waals surface area contributed by atoms with Crippen molar-refractivity contribution < 1.29 is 13.9 Å². The fourth-order valence-corrected chi connectivity index (χ4v) is 2.35. The fourth-order valence-electron chi connectivity index (χ4n) is 2.35. The second-order valence-electron chi connectivity index (χ2n) is 4.04. The quantitative estimate of drug-likeness (QED) is 0.393. The lowest BCUT2D eigenvalue weighted by Crippen LogP contribution is -2.17. The predicted molar refractivity (Wildman–Crippen MR) is 50.1 cm³/mol. The number of ether oxygens (including phenoxy) is 1. The second-order valence-corrected chi connectivity index (χ2v) is 4.04. The molecule has 3 heteroatoms. The van der Waals surface area contributed by atoms with Crippen molar-refractivity contribution in [2.45, 2.75) is 12.8 Å². The summed E-state index contributed by atoms with van der Waals surface area (Å²) in [5.74, 6) is -0.369. The van der Waals surface area contributed by atoms with Crippen LogP contribution in [0.15, 0.2) is 24.6 Å². The Kier molecular flexibility index (Phi) is 2.40. The van der Waals surface area contributed by atoms with Gasteiger partial charge in [-0.05, 0) is 30.6 Å². The summed E-state index contributed by atoms with van der Waals surface area (Å²) in [4.78, 5) is 10.8. The van der Waals surface area contributed by atoms with Gasteiger partial charge in [0.1, 0.15) is 0 Å². The van der Waals surface area contributed by atoms with Gasteiger partial charge in [-0.1, -0.05) is 18.7 Å². The smallest absolute Gasteiger partial charge is 0.366 e. The lowest BCUT2D eigenvalue weighted by molar-refractivity contribution is -0.142. The molecule has 0 spiro atoms. The van der Waals surface area contributed by atoms with Crippen molar-refractivity contribution in [3.63, 3.8) is 0 Å². The van der Waals surface area contributed by atoms with Crippen LogP contribution in [0.1, 0.15) is 12.8 Å². The fraction of sp³-hybridized carbons (Fsp3) is 0.545. The number of rotatable bonds is 3. The van der Waals surface area contributed by atoms with E-state index >= 15 is 0 Å². The van der Waals surface area contributed by atoms with Gasteiger partial charge in [0.15, 0.2) is 0 Å². The highest BCUT2D eigenvalue weighted by Gasteiger charge is 2.36. The minimum Gasteiger partial charge on any atom is -0.460 e. The summed E-state index contributed by atoms with van der Waals surface area (Å²) in [6.07, 6.45) is 6.63. The summed E-state index contributed by atoms with van der Waals surface area (Å²) >= 11 is 0. The van der Waals surface area contributed by atoms with E-state index in [-0.39, 0.29) is 0 Å². The maximum atomic E-state index is 12.3. The van der Waals surface area contributed by atoms with Crippen LogP contribution in [0.25, 0.3) is 0 Å². The molecule has 0 aliphatic heterocycles. The van der Waals surface area contributed by atoms with E-state index in [4.69, 9.17) is 4.74 Å². The van der Waals surface area contributed by atoms with Crippen molar-refractivity contribution in [3.8, 4) is 0 Å². The molecule has 0 heterocycles. The van der Waals surface area contributed by atoms with Crippen molar-refractivity contribution in [3.05, 3.63) is 24.6 Å². The zero-order chi connectivity index (χ0) is 10.1. The van der Waals surface area contributed by atoms with Crippen molar-refractivity contribution >= 4 is 5.97 Å². The van der Waals surface area contributed by atoms with E-state index in [0.717, 1.165) is 6.42 Å². The summed E-state index contributed by atoms with van der Waals surface area (Å²) in [6.45, 7) is 3.22. The molecule has 76 valence electrons. The third-order valence-corrected chi connectivity index (χ3v) is 3.07. The number of carbonyl (C=O) groups is 1. The van der Waals surface area contributed by atoms with E-state index in [2.05, 4.69) is 18.7 Å². The highest BCUT2D eigenvalue weighted by atomic mass is 19.1. The van der Waals surface area contributed by atoms with Gasteiger partial charge in [0.05, 0.1) is 6.61 Å². The Morgan fingerprint density at radius 2 is 2.29 bits per heavy atom. The lowest BCUT2D eigenvalue weighted by atomic mass is 9.95. The normalized spacial score (nSPS) is 33.4. The number of esters is 1. The van der Waals surface area contributed by atoms with Gasteiger partial charge in [-0.25, -0.2) is 4.79 Å². The van der Waals surface area contributed by atoms with Crippen LogP contribution >= 0.6 is 0 Å². The van der Waals surface area contributed by atoms with Crippen LogP contribution in [0.2, 0.25) is 0 Å². The molecule has 0 radical (unpaired) electrons. The Balaban J connectivity index is 1.80. The topological polar surface area (TPSA) is 26.3 Å². The minimum atomic E-state index is -1.01. The molecule has 2 rings (SSSR count). The highest BCUT2D eigenvalue weighted by molar-refractivity contribution is 5.85. The molecule has 2 nitrogen and oxygen atoms in total. The summed E-state index contributed by atoms with van der Waals surface area (Å²) in [5.41, 5.74) is 0. The van der Waals surface area contributed by atoms with Crippen LogP contribution in [0.3, 0.4) is 0 Å². The van der Waals surface area contributed by atoms with Crippen LogP contribution in [-0.2, 0) is 9.53 Å². The molecule has 2 aliphatic rings. The van der Waals surface area contributed by atoms with Crippen LogP contribution in [0.4, 0.5) is 4.39 Å². The average molecular weight is 196 g/mol. The van der Waals surface area contributed by atoms with Gasteiger partial charge in [0.2, 0.25) is 5.83 Å². The Bertz CT molecular complexity index is 296. The number of hydrogen-bond acceptors (Lipinski definition) is 2. The molecule has 1 fully saturated rings. The minimum absolute atomic E-state index is 0.327. The Morgan fingerprint density at radius 1 is 1.50 bits per heavy atom. The molecular weight excluding hydrogens is 183 g/mol. The molecule has 0 amide bonds. The van der Waals surface area contributed by atoms with Crippen molar-refractivity contribution in [1.29, 1.82) is 0 Å². The van der Waals surface area contributed by atoms with Gasteiger partial charge in [0, 0.05) is 0 Å². The van der Waals surface area contributed by atoms with Crippen LogP contribution in [0.5, 0.6) is 0 Å². The molecule has 2 bridgehead atoms. The van der Waals surface area contributed by atoms with Crippen molar-refractivity contribution in [2.75, 3.05) is 6.61 Å². The Labute approximate surface area is 82.4 Å². The lowest BCUT2D eigenvalue weighted by Gasteiger charge is -2.17. The summed E-state index contributed by atoms with van der Waals surface area (Å²) in [7, 11) is 0. The van der Waals surface area contributed by atoms with E-state index in [1.54, 1.807) is 0 Å². The van der Waals surface area contributed by atoms with E-state index in [9.17, 15) is 9.18 Å². The first kappa shape index (κ1) is 9.44. The molecule has 2 unspecified atom stereocenters. The first-order chi connectivity index (χ1) is 6.66. The third kappa shape index (κ3) is 1.72. The second kappa shape index (κ2) is 3.56. The van der Waals surface area contributed by atoms with Gasteiger partial charge in [-0.15, -0.1) is 0 Å². The molecule has 14 heavy (non-hydrogen) atoms. The summed E-state index contributed by atoms with van der Waals surface area (Å²) in [5, 5.41) is 0. The monoisotopic (exact) mass is 196 g/mol. The zero-order valence-corrected chi connectivity index (χ0v) is 7.91. The van der Waals surface area contributed by atoms with Gasteiger partial charge in [0.25, 0.3) is 0 Å². The average Bonchev–Trinajstić information content (AvgIpc) is 2.74. The van der Waals surface area contributed by atoms with Gasteiger partial charge < -0.3 is 4.74 Å². The molecule has 0 N–H and O–H groups in total. The first-order valence-electron chi connectivity index (χ1n) is 4.86. The molecule has 3 atom stereocenters. The molecule has 0 saturated heterocycles. The maximum absolute atomic E-state index is 12.3. The van der Waals surface area contributed by atoms with E-state index in [0.29, 0.717) is 24.4 Å². The molecule has 0 aromatic carbocycles. The molecule has 2 aliphatic carbocycles. The van der Waals surface area contributed by atoms with E-state index in [1.807, 2.05) is 0 Å². The Hall–Kier alpha value is -1.12.